The third-order valence-corrected chi connectivity index (χ3v) is 15.8. The summed E-state index contributed by atoms with van der Waals surface area (Å²) in [4.78, 5) is 13.7. The lowest BCUT2D eigenvalue weighted by Crippen LogP contribution is -2.41. The molecular formula is C28H43N3O4SSi. The number of carbonyl (C=O) groups is 1. The van der Waals surface area contributed by atoms with Crippen LogP contribution in [0.5, 0.6) is 0 Å². The van der Waals surface area contributed by atoms with E-state index in [0.717, 1.165) is 61.1 Å². The van der Waals surface area contributed by atoms with Gasteiger partial charge in [0.05, 0.1) is 11.9 Å². The first kappa shape index (κ1) is 20.8. The first-order chi connectivity index (χ1) is 19.5. The van der Waals surface area contributed by atoms with Crippen molar-refractivity contribution in [2.24, 2.45) is 9.95 Å². The second-order valence-electron chi connectivity index (χ2n) is 12.0. The molecule has 2 aliphatic carbocycles. The second kappa shape index (κ2) is 9.57. The van der Waals surface area contributed by atoms with Crippen LogP contribution in [0.1, 0.15) is 97.1 Å². The number of hydrogen-bond acceptors (Lipinski definition) is 5. The molecule has 2 amide bonds. The number of aliphatic hydroxyl groups is 1. The van der Waals surface area contributed by atoms with E-state index in [1.54, 1.807) is 0 Å². The van der Waals surface area contributed by atoms with E-state index in [-0.39, 0.29) is 5.92 Å². The number of nitrogens with zero attached hydrogens (tertiary/aromatic N) is 1. The number of aryl methyl sites for hydroxylation is 1. The number of nitrogens with one attached hydrogen (secondary N) is 2. The molecule has 4 rings (SSSR count). The van der Waals surface area contributed by atoms with Crippen molar-refractivity contribution < 1.29 is 26.8 Å². The molecule has 0 saturated heterocycles. The molecule has 1 saturated carbocycles. The molecule has 1 heterocycles. The highest BCUT2D eigenvalue weighted by Crippen LogP contribution is 2.46. The first-order valence-corrected chi connectivity index (χ1v) is 17.3. The number of hydrogen-bond donors (Lipinski definition) is 3. The number of urea groups is 1. The maximum atomic E-state index is 14.7. The molecule has 2 atom stereocenters. The summed E-state index contributed by atoms with van der Waals surface area (Å²) in [6.07, 6.45) is 5.70. The average molecular weight is 552 g/mol. The predicted molar refractivity (Wildman–Crippen MR) is 152 cm³/mol. The fourth-order valence-electron chi connectivity index (χ4n) is 4.55. The van der Waals surface area contributed by atoms with Gasteiger partial charge in [-0.2, -0.15) is 0 Å². The van der Waals surface area contributed by atoms with Crippen LogP contribution in [-0.2, 0) is 28.4 Å². The molecule has 1 aromatic carbocycles. The Morgan fingerprint density at radius 1 is 1.27 bits per heavy atom. The summed E-state index contributed by atoms with van der Waals surface area (Å²) in [5, 5.41) is 13.1. The summed E-state index contributed by atoms with van der Waals surface area (Å²) in [5.41, 5.74) is 0.0443. The Kier molecular flexibility index (Phi) is 5.38. The number of benzene rings is 1. The zero-order valence-corrected chi connectivity index (χ0v) is 24.3. The Bertz CT molecular complexity index is 1500. The minimum Gasteiger partial charge on any atom is -0.452 e. The average Bonchev–Trinajstić information content (AvgIpc) is 3.36. The Hall–Kier alpha value is -2.10. The maximum absolute atomic E-state index is 14.7. The van der Waals surface area contributed by atoms with Crippen molar-refractivity contribution in [1.82, 2.24) is 4.72 Å². The molecule has 3 N–H and O–H groups in total. The third-order valence-electron chi connectivity index (χ3n) is 8.06. The summed E-state index contributed by atoms with van der Waals surface area (Å²) < 4.78 is 74.0. The van der Waals surface area contributed by atoms with E-state index in [1.807, 2.05) is 33.9 Å². The molecule has 37 heavy (non-hydrogen) atoms. The van der Waals surface area contributed by atoms with Crippen LogP contribution in [0.2, 0.25) is 18.1 Å². The number of fused-ring (bicyclic) bond motifs is 1. The highest BCUT2D eigenvalue weighted by atomic mass is 32.2. The first-order valence-electron chi connectivity index (χ1n) is 15.8. The van der Waals surface area contributed by atoms with Crippen LogP contribution in [0, 0.1) is 5.92 Å². The maximum Gasteiger partial charge on any atom is 0.332 e. The van der Waals surface area contributed by atoms with Gasteiger partial charge in [-0.15, -0.1) is 0 Å². The van der Waals surface area contributed by atoms with Crippen molar-refractivity contribution in [2.75, 3.05) is 5.32 Å². The number of amides is 2. The minimum absolute atomic E-state index is 0.229. The number of carbonyl (C=O) groups excluding carboxylic acids is 1. The van der Waals surface area contributed by atoms with Crippen molar-refractivity contribution in [2.45, 2.75) is 108 Å². The van der Waals surface area contributed by atoms with E-state index in [0.29, 0.717) is 11.6 Å². The van der Waals surface area contributed by atoms with Gasteiger partial charge in [0, 0.05) is 25.5 Å². The van der Waals surface area contributed by atoms with Gasteiger partial charge in [0.25, 0.3) is 0 Å². The van der Waals surface area contributed by atoms with Crippen LogP contribution in [0.4, 0.5) is 10.5 Å². The van der Waals surface area contributed by atoms with Crippen LogP contribution in [0.3, 0.4) is 0 Å². The third kappa shape index (κ3) is 5.83. The molecule has 0 radical (unpaired) electrons. The van der Waals surface area contributed by atoms with Crippen molar-refractivity contribution in [1.29, 1.82) is 0 Å². The SMILES string of the molecule is [2H]C([2H])([2H])C(O)(c1coc(S(=O)(=N[Si](C)(C)C(C)(C)C)NC(=O)Nc2c([C@@H](C)C3CC3)ccc3c2CCC3)c1)C([2H])([2H])[2H]. The topological polar surface area (TPSA) is 104 Å². The Balaban J connectivity index is 1.80. The van der Waals surface area contributed by atoms with E-state index >= 15 is 0 Å². The van der Waals surface area contributed by atoms with Crippen molar-refractivity contribution in [3.8, 4) is 0 Å². The lowest BCUT2D eigenvalue weighted by molar-refractivity contribution is 0.0779. The number of furan rings is 1. The summed E-state index contributed by atoms with van der Waals surface area (Å²) in [6, 6.07) is 4.32. The number of rotatable bonds is 7. The fourth-order valence-corrected chi connectivity index (χ4v) is 9.63. The Labute approximate surface area is 231 Å². The van der Waals surface area contributed by atoms with Crippen molar-refractivity contribution >= 4 is 29.9 Å². The molecule has 2 aliphatic rings. The van der Waals surface area contributed by atoms with Crippen molar-refractivity contribution in [3.63, 3.8) is 0 Å². The lowest BCUT2D eigenvalue weighted by Gasteiger charge is -2.33. The van der Waals surface area contributed by atoms with Crippen LogP contribution >= 0.6 is 0 Å². The van der Waals surface area contributed by atoms with Crippen LogP contribution in [0.15, 0.2) is 38.0 Å². The van der Waals surface area contributed by atoms with Gasteiger partial charge >= 0.3 is 6.03 Å². The zero-order valence-electron chi connectivity index (χ0n) is 28.5. The molecule has 0 bridgehead atoms. The molecule has 0 aliphatic heterocycles. The fraction of sp³-hybridized carbons (Fsp3) is 0.607. The molecule has 2 aromatic rings. The van der Waals surface area contributed by atoms with Crippen LogP contribution in [0.25, 0.3) is 0 Å². The van der Waals surface area contributed by atoms with Gasteiger partial charge in [-0.1, -0.05) is 39.8 Å². The molecule has 204 valence electrons. The van der Waals surface area contributed by atoms with E-state index in [4.69, 9.17) is 12.6 Å². The van der Waals surface area contributed by atoms with Gasteiger partial charge in [0.1, 0.15) is 0 Å². The minimum atomic E-state index is -3.93. The molecule has 1 fully saturated rings. The van der Waals surface area contributed by atoms with Gasteiger partial charge < -0.3 is 14.8 Å². The molecule has 0 spiro atoms. The van der Waals surface area contributed by atoms with E-state index in [9.17, 15) is 14.1 Å². The largest absolute Gasteiger partial charge is 0.452 e. The van der Waals surface area contributed by atoms with Gasteiger partial charge in [-0.25, -0.2) is 13.7 Å². The lowest BCUT2D eigenvalue weighted by atomic mass is 9.91. The Morgan fingerprint density at radius 3 is 2.59 bits per heavy atom. The van der Waals surface area contributed by atoms with E-state index < -0.39 is 59.2 Å². The smallest absolute Gasteiger partial charge is 0.332 e. The highest BCUT2D eigenvalue weighted by molar-refractivity contribution is 7.93. The molecule has 9 heteroatoms. The quantitative estimate of drug-likeness (QED) is 0.320. The van der Waals surface area contributed by atoms with Gasteiger partial charge in [0.15, 0.2) is 18.2 Å². The highest BCUT2D eigenvalue weighted by Gasteiger charge is 2.39. The normalized spacial score (nSPS) is 21.7. The zero-order chi connectivity index (χ0) is 32.4. The van der Waals surface area contributed by atoms with Crippen LogP contribution < -0.4 is 10.0 Å². The molecular weight excluding hydrogens is 502 g/mol. The van der Waals surface area contributed by atoms with E-state index in [2.05, 4.69) is 33.1 Å². The molecule has 7 nitrogen and oxygen atoms in total. The van der Waals surface area contributed by atoms with Crippen LogP contribution in [-0.4, -0.2) is 23.6 Å². The van der Waals surface area contributed by atoms with Crippen molar-refractivity contribution in [3.05, 3.63) is 46.7 Å². The second-order valence-corrected chi connectivity index (χ2v) is 19.0. The monoisotopic (exact) mass is 551 g/mol. The molecule has 1 aromatic heterocycles. The van der Waals surface area contributed by atoms with Gasteiger partial charge in [0.2, 0.25) is 5.09 Å². The van der Waals surface area contributed by atoms with Gasteiger partial charge in [-0.3, -0.25) is 4.03 Å². The van der Waals surface area contributed by atoms with E-state index in [1.165, 1.54) is 0 Å². The molecule has 1 unspecified atom stereocenters. The summed E-state index contributed by atoms with van der Waals surface area (Å²) in [5.74, 6) is 0.769. The Morgan fingerprint density at radius 2 is 1.97 bits per heavy atom. The standard InChI is InChI=1S/C28H43N3O4SSi/c1-18(19-12-13-19)22-15-14-20-10-9-11-23(20)25(22)29-26(32)30-36(34,31-37(7,8)27(2,3)4)24-16-21(17-35-24)28(5,6)33/h14-19,33H,9-13H2,1-8H3,(H2,29,30,31,32,34)/t18-,36?/m0/s1/i5D3,6D3. The number of anilines is 1. The summed E-state index contributed by atoms with van der Waals surface area (Å²) >= 11 is 0. The summed E-state index contributed by atoms with van der Waals surface area (Å²) in [7, 11) is -6.71. The van der Waals surface area contributed by atoms with Gasteiger partial charge in [-0.05, 0) is 92.5 Å². The summed E-state index contributed by atoms with van der Waals surface area (Å²) in [6.45, 7) is 4.97. The predicted octanol–water partition coefficient (Wildman–Crippen LogP) is 7.08.